The van der Waals surface area contributed by atoms with Crippen molar-refractivity contribution in [2.45, 2.75) is 30.3 Å². The van der Waals surface area contributed by atoms with Crippen LogP contribution in [0, 0.1) is 0 Å². The van der Waals surface area contributed by atoms with E-state index in [1.54, 1.807) is 30.0 Å². The van der Waals surface area contributed by atoms with E-state index in [9.17, 15) is 8.42 Å². The number of hydrogen-bond donors (Lipinski definition) is 2. The molecule has 100 valence electrons. The van der Waals surface area contributed by atoms with Crippen LogP contribution in [0.5, 0.6) is 0 Å². The Labute approximate surface area is 112 Å². The van der Waals surface area contributed by atoms with Crippen LogP contribution in [0.2, 0.25) is 0 Å². The monoisotopic (exact) mass is 286 g/mol. The van der Waals surface area contributed by atoms with Crippen molar-refractivity contribution in [2.24, 2.45) is 5.73 Å². The van der Waals surface area contributed by atoms with Gasteiger partial charge in [-0.25, -0.2) is 13.1 Å². The van der Waals surface area contributed by atoms with Gasteiger partial charge in [0.25, 0.3) is 0 Å². The van der Waals surface area contributed by atoms with Crippen molar-refractivity contribution in [3.8, 4) is 0 Å². The molecule has 1 fully saturated rings. The van der Waals surface area contributed by atoms with Crippen LogP contribution in [-0.4, -0.2) is 26.0 Å². The first-order valence-corrected chi connectivity index (χ1v) is 8.58. The van der Waals surface area contributed by atoms with Gasteiger partial charge >= 0.3 is 0 Å². The van der Waals surface area contributed by atoms with E-state index in [1.165, 1.54) is 0 Å². The molecule has 1 saturated heterocycles. The lowest BCUT2D eigenvalue weighted by atomic mass is 10.1. The van der Waals surface area contributed by atoms with Gasteiger partial charge in [-0.1, -0.05) is 12.1 Å². The number of nitrogens with one attached hydrogen (secondary N) is 1. The number of sulfonamides is 1. The van der Waals surface area contributed by atoms with Crippen LogP contribution in [0.1, 0.15) is 24.9 Å². The zero-order valence-corrected chi connectivity index (χ0v) is 11.9. The summed E-state index contributed by atoms with van der Waals surface area (Å²) in [6.45, 7) is 1.84. The van der Waals surface area contributed by atoms with Crippen molar-refractivity contribution in [1.29, 1.82) is 0 Å². The number of hydrogen-bond acceptors (Lipinski definition) is 4. The highest BCUT2D eigenvalue weighted by molar-refractivity contribution is 7.99. The zero-order valence-electron chi connectivity index (χ0n) is 10.3. The summed E-state index contributed by atoms with van der Waals surface area (Å²) in [5.74, 6) is 1.87. The molecular weight excluding hydrogens is 268 g/mol. The van der Waals surface area contributed by atoms with Crippen LogP contribution >= 0.6 is 11.8 Å². The van der Waals surface area contributed by atoms with Crippen molar-refractivity contribution in [3.63, 3.8) is 0 Å². The van der Waals surface area contributed by atoms with Gasteiger partial charge in [0.1, 0.15) is 0 Å². The lowest BCUT2D eigenvalue weighted by molar-refractivity contribution is 0.563. The molecule has 0 bridgehead atoms. The molecule has 2 atom stereocenters. The first-order chi connectivity index (χ1) is 8.49. The number of thioether (sulfide) groups is 1. The molecule has 0 radical (unpaired) electrons. The van der Waals surface area contributed by atoms with Crippen LogP contribution in [0.4, 0.5) is 0 Å². The van der Waals surface area contributed by atoms with Crippen LogP contribution in [0.15, 0.2) is 29.2 Å². The maximum absolute atomic E-state index is 12.2. The van der Waals surface area contributed by atoms with Crippen LogP contribution in [-0.2, 0) is 10.0 Å². The lowest BCUT2D eigenvalue weighted by Crippen LogP contribution is -2.34. The van der Waals surface area contributed by atoms with E-state index in [-0.39, 0.29) is 12.1 Å². The minimum Gasteiger partial charge on any atom is -0.324 e. The molecule has 1 heterocycles. The lowest BCUT2D eigenvalue weighted by Gasteiger charge is -2.13. The average Bonchev–Trinajstić information content (AvgIpc) is 2.81. The molecule has 0 spiro atoms. The summed E-state index contributed by atoms with van der Waals surface area (Å²) in [6, 6.07) is 6.72. The van der Waals surface area contributed by atoms with Crippen LogP contribution in [0.3, 0.4) is 0 Å². The molecule has 0 aliphatic carbocycles. The van der Waals surface area contributed by atoms with Gasteiger partial charge in [0.15, 0.2) is 0 Å². The predicted molar refractivity (Wildman–Crippen MR) is 75.1 cm³/mol. The number of nitrogens with two attached hydrogens (primary N) is 1. The minimum absolute atomic E-state index is 0.0546. The zero-order chi connectivity index (χ0) is 13.2. The van der Waals surface area contributed by atoms with Crippen molar-refractivity contribution in [2.75, 3.05) is 11.5 Å². The maximum Gasteiger partial charge on any atom is 0.240 e. The van der Waals surface area contributed by atoms with Crippen LogP contribution < -0.4 is 10.5 Å². The van der Waals surface area contributed by atoms with Gasteiger partial charge < -0.3 is 5.73 Å². The third-order valence-electron chi connectivity index (χ3n) is 2.95. The van der Waals surface area contributed by atoms with Crippen molar-refractivity contribution < 1.29 is 8.42 Å². The van der Waals surface area contributed by atoms with Crippen molar-refractivity contribution in [3.05, 3.63) is 29.8 Å². The van der Waals surface area contributed by atoms with Gasteiger partial charge in [-0.15, -0.1) is 0 Å². The Morgan fingerprint density at radius 1 is 1.50 bits per heavy atom. The highest BCUT2D eigenvalue weighted by Gasteiger charge is 2.23. The summed E-state index contributed by atoms with van der Waals surface area (Å²) in [5.41, 5.74) is 6.60. The second-order valence-electron chi connectivity index (χ2n) is 4.54. The van der Waals surface area contributed by atoms with E-state index in [2.05, 4.69) is 4.72 Å². The second kappa shape index (κ2) is 5.61. The van der Waals surface area contributed by atoms with Crippen LogP contribution in [0.25, 0.3) is 0 Å². The van der Waals surface area contributed by atoms with E-state index in [0.29, 0.717) is 4.90 Å². The quantitative estimate of drug-likeness (QED) is 0.879. The highest BCUT2D eigenvalue weighted by atomic mass is 32.2. The molecular formula is C12H18N2O2S2. The fourth-order valence-corrected chi connectivity index (χ4v) is 4.46. The fourth-order valence-electron chi connectivity index (χ4n) is 1.88. The summed E-state index contributed by atoms with van der Waals surface area (Å²) in [7, 11) is -3.42. The molecule has 0 aromatic heterocycles. The minimum atomic E-state index is -3.42. The van der Waals surface area contributed by atoms with Gasteiger partial charge in [0, 0.05) is 17.8 Å². The first-order valence-electron chi connectivity index (χ1n) is 5.94. The third kappa shape index (κ3) is 3.26. The van der Waals surface area contributed by atoms with E-state index < -0.39 is 10.0 Å². The molecule has 2 unspecified atom stereocenters. The summed E-state index contributed by atoms with van der Waals surface area (Å²) >= 11 is 1.78. The van der Waals surface area contributed by atoms with Gasteiger partial charge in [0.2, 0.25) is 10.0 Å². The molecule has 0 amide bonds. The van der Waals surface area contributed by atoms with E-state index in [0.717, 1.165) is 23.5 Å². The Kier molecular flexibility index (Phi) is 4.32. The molecule has 3 N–H and O–H groups in total. The highest BCUT2D eigenvalue weighted by Crippen LogP contribution is 2.21. The molecule has 1 aromatic carbocycles. The Bertz CT molecular complexity index is 509. The predicted octanol–water partition coefficient (Wildman–Crippen LogP) is 1.49. The van der Waals surface area contributed by atoms with E-state index >= 15 is 0 Å². The summed E-state index contributed by atoms with van der Waals surface area (Å²) in [4.78, 5) is 0.300. The molecule has 1 aliphatic heterocycles. The third-order valence-corrected chi connectivity index (χ3v) is 5.63. The average molecular weight is 286 g/mol. The Morgan fingerprint density at radius 2 is 2.28 bits per heavy atom. The van der Waals surface area contributed by atoms with Gasteiger partial charge in [0.05, 0.1) is 4.90 Å². The first kappa shape index (κ1) is 13.9. The Hall–Kier alpha value is -0.560. The van der Waals surface area contributed by atoms with Gasteiger partial charge in [-0.05, 0) is 36.8 Å². The molecule has 1 aromatic rings. The second-order valence-corrected chi connectivity index (χ2v) is 7.41. The Balaban J connectivity index is 2.20. The number of rotatable bonds is 4. The van der Waals surface area contributed by atoms with E-state index in [4.69, 9.17) is 5.73 Å². The molecule has 2 rings (SSSR count). The smallest absolute Gasteiger partial charge is 0.240 e. The molecule has 18 heavy (non-hydrogen) atoms. The van der Waals surface area contributed by atoms with Gasteiger partial charge in [-0.2, -0.15) is 11.8 Å². The number of benzene rings is 1. The van der Waals surface area contributed by atoms with E-state index in [1.807, 2.05) is 13.0 Å². The topological polar surface area (TPSA) is 72.2 Å². The van der Waals surface area contributed by atoms with Crippen molar-refractivity contribution >= 4 is 21.8 Å². The van der Waals surface area contributed by atoms with Crippen molar-refractivity contribution in [1.82, 2.24) is 4.72 Å². The maximum atomic E-state index is 12.2. The molecule has 4 nitrogen and oxygen atoms in total. The fraction of sp³-hybridized carbons (Fsp3) is 0.500. The normalized spacial score (nSPS) is 22.0. The molecule has 1 aliphatic rings. The summed E-state index contributed by atoms with van der Waals surface area (Å²) < 4.78 is 27.2. The summed E-state index contributed by atoms with van der Waals surface area (Å²) in [6.07, 6.45) is 0.900. The summed E-state index contributed by atoms with van der Waals surface area (Å²) in [5, 5.41) is 0. The SMILES string of the molecule is CC(N)c1cccc(S(=O)(=O)NC2CCSC2)c1. The molecule has 0 saturated carbocycles. The van der Waals surface area contributed by atoms with Gasteiger partial charge in [-0.3, -0.25) is 0 Å². The molecule has 6 heteroatoms. The largest absolute Gasteiger partial charge is 0.324 e. The Morgan fingerprint density at radius 3 is 2.89 bits per heavy atom. The standard InChI is InChI=1S/C12H18N2O2S2/c1-9(13)10-3-2-4-12(7-10)18(15,16)14-11-5-6-17-8-11/h2-4,7,9,11,14H,5-6,8,13H2,1H3.